The highest BCUT2D eigenvalue weighted by molar-refractivity contribution is 7.98. The number of carboxylic acids is 1. The SMILES string of the molecule is COc1ccc(OC)c(-c2coc3cc(OC)c(/C(C)=C/C(=O)NC(CCSC)C(=O)O)cc23)c1. The molecule has 1 amide bonds. The third-order valence-electron chi connectivity index (χ3n) is 5.59. The van der Waals surface area contributed by atoms with Gasteiger partial charge in [-0.2, -0.15) is 11.8 Å². The van der Waals surface area contributed by atoms with Gasteiger partial charge >= 0.3 is 5.97 Å². The molecule has 1 atom stereocenters. The fraction of sp³-hybridized carbons (Fsp3) is 0.308. The van der Waals surface area contributed by atoms with E-state index in [0.717, 1.165) is 16.5 Å². The van der Waals surface area contributed by atoms with Gasteiger partial charge in [-0.05, 0) is 55.2 Å². The Bertz CT molecular complexity index is 1250. The topological polar surface area (TPSA) is 107 Å². The van der Waals surface area contributed by atoms with Gasteiger partial charge in [-0.25, -0.2) is 4.79 Å². The van der Waals surface area contributed by atoms with Crippen molar-refractivity contribution < 1.29 is 33.3 Å². The highest BCUT2D eigenvalue weighted by Crippen LogP contribution is 2.41. The molecule has 2 N–H and O–H groups in total. The van der Waals surface area contributed by atoms with Gasteiger partial charge in [0.2, 0.25) is 5.91 Å². The fourth-order valence-corrected chi connectivity index (χ4v) is 4.22. The van der Waals surface area contributed by atoms with Crippen LogP contribution in [0.3, 0.4) is 0 Å². The zero-order valence-corrected chi connectivity index (χ0v) is 21.2. The summed E-state index contributed by atoms with van der Waals surface area (Å²) in [6, 6.07) is 8.19. The molecule has 0 fully saturated rings. The highest BCUT2D eigenvalue weighted by atomic mass is 32.2. The van der Waals surface area contributed by atoms with Crippen LogP contribution in [0.5, 0.6) is 17.2 Å². The Morgan fingerprint density at radius 1 is 1.09 bits per heavy atom. The number of hydrogen-bond acceptors (Lipinski definition) is 7. The average Bonchev–Trinajstić information content (AvgIpc) is 3.27. The summed E-state index contributed by atoms with van der Waals surface area (Å²) < 4.78 is 22.3. The predicted octanol–water partition coefficient (Wildman–Crippen LogP) is 4.85. The normalized spacial score (nSPS) is 12.3. The summed E-state index contributed by atoms with van der Waals surface area (Å²) in [5, 5.41) is 12.8. The smallest absolute Gasteiger partial charge is 0.326 e. The van der Waals surface area contributed by atoms with Gasteiger partial charge in [0.25, 0.3) is 0 Å². The minimum absolute atomic E-state index is 0.338. The Balaban J connectivity index is 2.03. The molecule has 35 heavy (non-hydrogen) atoms. The first-order valence-corrected chi connectivity index (χ1v) is 12.2. The molecule has 2 aromatic carbocycles. The summed E-state index contributed by atoms with van der Waals surface area (Å²) in [5.41, 5.74) is 3.47. The molecule has 1 unspecified atom stereocenters. The number of nitrogens with one attached hydrogen (secondary N) is 1. The zero-order chi connectivity index (χ0) is 25.5. The van der Waals surface area contributed by atoms with Crippen LogP contribution in [0.25, 0.3) is 27.7 Å². The van der Waals surface area contributed by atoms with Crippen molar-refractivity contribution in [1.29, 1.82) is 0 Å². The molecular weight excluding hydrogens is 470 g/mol. The van der Waals surface area contributed by atoms with Crippen LogP contribution in [0.15, 0.2) is 47.1 Å². The second-order valence-corrected chi connectivity index (χ2v) is 8.76. The summed E-state index contributed by atoms with van der Waals surface area (Å²) in [7, 11) is 4.73. The van der Waals surface area contributed by atoms with E-state index in [2.05, 4.69) is 5.32 Å². The van der Waals surface area contributed by atoms with Crippen LogP contribution in [0.4, 0.5) is 0 Å². The Morgan fingerprint density at radius 3 is 2.46 bits per heavy atom. The Labute approximate surface area is 208 Å². The van der Waals surface area contributed by atoms with Crippen LogP contribution in [0.2, 0.25) is 0 Å². The average molecular weight is 500 g/mol. The van der Waals surface area contributed by atoms with Crippen molar-refractivity contribution in [2.24, 2.45) is 0 Å². The van der Waals surface area contributed by atoms with E-state index in [9.17, 15) is 14.7 Å². The van der Waals surface area contributed by atoms with Gasteiger partial charge in [0.05, 0.1) is 27.6 Å². The molecule has 0 saturated carbocycles. The van der Waals surface area contributed by atoms with Crippen LogP contribution in [0.1, 0.15) is 18.9 Å². The molecule has 0 aliphatic heterocycles. The minimum Gasteiger partial charge on any atom is -0.497 e. The molecule has 1 aromatic heterocycles. The zero-order valence-electron chi connectivity index (χ0n) is 20.3. The monoisotopic (exact) mass is 499 g/mol. The van der Waals surface area contributed by atoms with E-state index < -0.39 is 17.9 Å². The molecule has 0 saturated heterocycles. The third-order valence-corrected chi connectivity index (χ3v) is 6.23. The van der Waals surface area contributed by atoms with Crippen LogP contribution in [-0.2, 0) is 9.59 Å². The number of fused-ring (bicyclic) bond motifs is 1. The fourth-order valence-electron chi connectivity index (χ4n) is 3.75. The number of rotatable bonds is 11. The summed E-state index contributed by atoms with van der Waals surface area (Å²) in [4.78, 5) is 24.1. The lowest BCUT2D eigenvalue weighted by atomic mass is 9.98. The van der Waals surface area contributed by atoms with Crippen molar-refractivity contribution >= 4 is 40.2 Å². The lowest BCUT2D eigenvalue weighted by Gasteiger charge is -2.14. The van der Waals surface area contributed by atoms with Gasteiger partial charge in [-0.1, -0.05) is 0 Å². The number of allylic oxidation sites excluding steroid dienone is 1. The lowest BCUT2D eigenvalue weighted by molar-refractivity contribution is -0.141. The standard InChI is InChI=1S/C26H29NO7S/c1-15(10-25(28)27-21(26(29)30)8-9-35-5)17-12-19-20(14-34-24(19)13-23(17)33-4)18-11-16(31-2)6-7-22(18)32-3/h6-7,10-14,21H,8-9H2,1-5H3,(H,27,28)(H,29,30)/b15-10+. The second-order valence-electron chi connectivity index (χ2n) is 7.77. The van der Waals surface area contributed by atoms with E-state index in [1.165, 1.54) is 24.9 Å². The van der Waals surface area contributed by atoms with Gasteiger partial charge < -0.3 is 29.1 Å². The summed E-state index contributed by atoms with van der Waals surface area (Å²) >= 11 is 1.52. The number of ether oxygens (including phenoxy) is 3. The van der Waals surface area contributed by atoms with Crippen molar-refractivity contribution in [1.82, 2.24) is 5.32 Å². The van der Waals surface area contributed by atoms with E-state index in [0.29, 0.717) is 46.1 Å². The molecule has 0 aliphatic rings. The van der Waals surface area contributed by atoms with Crippen molar-refractivity contribution in [2.45, 2.75) is 19.4 Å². The van der Waals surface area contributed by atoms with Gasteiger partial charge in [-0.3, -0.25) is 4.79 Å². The molecule has 8 nitrogen and oxygen atoms in total. The first-order valence-electron chi connectivity index (χ1n) is 10.9. The van der Waals surface area contributed by atoms with E-state index in [-0.39, 0.29) is 0 Å². The van der Waals surface area contributed by atoms with Crippen molar-refractivity contribution in [3.8, 4) is 28.4 Å². The molecule has 0 radical (unpaired) electrons. The van der Waals surface area contributed by atoms with Crippen molar-refractivity contribution in [2.75, 3.05) is 33.3 Å². The number of benzene rings is 2. The Hall–Kier alpha value is -3.59. The number of carboxylic acid groups (broad SMARTS) is 1. The lowest BCUT2D eigenvalue weighted by Crippen LogP contribution is -2.40. The number of hydrogen-bond donors (Lipinski definition) is 2. The van der Waals surface area contributed by atoms with Crippen LogP contribution in [0, 0.1) is 0 Å². The first kappa shape index (κ1) is 26.0. The van der Waals surface area contributed by atoms with E-state index in [1.807, 2.05) is 30.5 Å². The molecule has 9 heteroatoms. The summed E-state index contributed by atoms with van der Waals surface area (Å²) in [5.74, 6) is 0.928. The number of carbonyl (C=O) groups excluding carboxylic acids is 1. The molecule has 0 spiro atoms. The molecule has 0 bridgehead atoms. The summed E-state index contributed by atoms with van der Waals surface area (Å²) in [6.45, 7) is 1.77. The minimum atomic E-state index is -1.06. The van der Waals surface area contributed by atoms with Gasteiger partial charge in [0, 0.05) is 34.2 Å². The third kappa shape index (κ3) is 5.92. The quantitative estimate of drug-likeness (QED) is 0.361. The molecule has 0 aliphatic carbocycles. The highest BCUT2D eigenvalue weighted by Gasteiger charge is 2.20. The van der Waals surface area contributed by atoms with Crippen molar-refractivity contribution in [3.05, 3.63) is 48.2 Å². The number of methoxy groups -OCH3 is 3. The van der Waals surface area contributed by atoms with Crippen LogP contribution in [-0.4, -0.2) is 56.4 Å². The number of carbonyl (C=O) groups is 2. The van der Waals surface area contributed by atoms with Gasteiger partial charge in [-0.15, -0.1) is 0 Å². The number of furan rings is 1. The van der Waals surface area contributed by atoms with E-state index in [1.54, 1.807) is 33.5 Å². The van der Waals surface area contributed by atoms with Crippen LogP contribution >= 0.6 is 11.8 Å². The maximum atomic E-state index is 12.6. The number of amides is 1. The molecule has 186 valence electrons. The Kier molecular flexibility index (Phi) is 8.70. The number of aliphatic carboxylic acids is 1. The largest absolute Gasteiger partial charge is 0.497 e. The van der Waals surface area contributed by atoms with Crippen molar-refractivity contribution in [3.63, 3.8) is 0 Å². The number of thioether (sulfide) groups is 1. The maximum Gasteiger partial charge on any atom is 0.326 e. The molecule has 3 rings (SSSR count). The maximum absolute atomic E-state index is 12.6. The Morgan fingerprint density at radius 2 is 1.83 bits per heavy atom. The van der Waals surface area contributed by atoms with Gasteiger partial charge in [0.1, 0.15) is 28.9 Å². The second kappa shape index (κ2) is 11.7. The van der Waals surface area contributed by atoms with E-state index >= 15 is 0 Å². The van der Waals surface area contributed by atoms with Crippen LogP contribution < -0.4 is 19.5 Å². The predicted molar refractivity (Wildman–Crippen MR) is 138 cm³/mol. The first-order chi connectivity index (χ1) is 16.8. The molecule has 3 aromatic rings. The summed E-state index contributed by atoms with van der Waals surface area (Å²) in [6.07, 6.45) is 5.24. The van der Waals surface area contributed by atoms with Gasteiger partial charge in [0.15, 0.2) is 0 Å². The molecular formula is C26H29NO7S. The van der Waals surface area contributed by atoms with E-state index in [4.69, 9.17) is 18.6 Å². The molecule has 1 heterocycles.